The summed E-state index contributed by atoms with van der Waals surface area (Å²) < 4.78 is 1.81. The van der Waals surface area contributed by atoms with Crippen LogP contribution in [-0.2, 0) is 18.3 Å². The Hall–Kier alpha value is -1.16. The lowest BCUT2D eigenvalue weighted by molar-refractivity contribution is -0.124. The van der Waals surface area contributed by atoms with Crippen molar-refractivity contribution >= 4 is 5.78 Å². The lowest BCUT2D eigenvalue weighted by atomic mass is 9.95. The fourth-order valence-electron chi connectivity index (χ4n) is 1.74. The third-order valence-electron chi connectivity index (χ3n) is 2.85. The van der Waals surface area contributed by atoms with Gasteiger partial charge in [-0.2, -0.15) is 5.10 Å². The molecule has 1 rings (SSSR count). The molecular weight excluding hydrogens is 202 g/mol. The van der Waals surface area contributed by atoms with E-state index in [4.69, 9.17) is 0 Å². The first-order valence-corrected chi connectivity index (χ1v) is 5.72. The highest BCUT2D eigenvalue weighted by Gasteiger charge is 2.25. The van der Waals surface area contributed by atoms with Gasteiger partial charge in [-0.25, -0.2) is 0 Å². The minimum Gasteiger partial charge on any atom is -0.306 e. The lowest BCUT2D eigenvalue weighted by Gasteiger charge is -2.23. The fraction of sp³-hybridized carbons (Fsp3) is 0.667. The number of hydrogen-bond donors (Lipinski definition) is 1. The average Bonchev–Trinajstić information content (AvgIpc) is 2.60. The van der Waals surface area contributed by atoms with Crippen molar-refractivity contribution in [1.29, 1.82) is 0 Å². The van der Waals surface area contributed by atoms with E-state index in [9.17, 15) is 4.79 Å². The number of hydrogen-bond acceptors (Lipinski definition) is 3. The number of ketones is 1. The van der Waals surface area contributed by atoms with Crippen molar-refractivity contribution in [3.8, 4) is 0 Å². The highest BCUT2D eigenvalue weighted by Crippen LogP contribution is 2.10. The standard InChI is InChI=1S/C12H21N3O/c1-5-13-12(2,3)11(16)7-6-10-8-9-14-15(10)4/h8-9,13H,5-7H2,1-4H3. The molecule has 0 aliphatic rings. The van der Waals surface area contributed by atoms with Crippen LogP contribution in [0.5, 0.6) is 0 Å². The summed E-state index contributed by atoms with van der Waals surface area (Å²) in [6.07, 6.45) is 3.07. The molecule has 0 radical (unpaired) electrons. The van der Waals surface area contributed by atoms with Gasteiger partial charge in [0.15, 0.2) is 5.78 Å². The number of carbonyl (C=O) groups excluding carboxylic acids is 1. The van der Waals surface area contributed by atoms with E-state index in [0.29, 0.717) is 6.42 Å². The molecule has 0 aliphatic carbocycles. The highest BCUT2D eigenvalue weighted by atomic mass is 16.1. The second kappa shape index (κ2) is 5.25. The second-order valence-electron chi connectivity index (χ2n) is 4.52. The molecule has 1 aromatic heterocycles. The number of aromatic nitrogens is 2. The third-order valence-corrected chi connectivity index (χ3v) is 2.85. The summed E-state index contributed by atoms with van der Waals surface area (Å²) in [7, 11) is 1.90. The normalized spacial score (nSPS) is 11.8. The van der Waals surface area contributed by atoms with Crippen molar-refractivity contribution in [2.75, 3.05) is 6.54 Å². The van der Waals surface area contributed by atoms with Gasteiger partial charge in [-0.05, 0) is 32.9 Å². The second-order valence-corrected chi connectivity index (χ2v) is 4.52. The zero-order chi connectivity index (χ0) is 12.2. The highest BCUT2D eigenvalue weighted by molar-refractivity contribution is 5.87. The molecule has 0 atom stereocenters. The molecule has 0 fully saturated rings. The zero-order valence-corrected chi connectivity index (χ0v) is 10.6. The lowest BCUT2D eigenvalue weighted by Crippen LogP contribution is -2.46. The molecule has 1 N–H and O–H groups in total. The van der Waals surface area contributed by atoms with Crippen molar-refractivity contribution in [3.05, 3.63) is 18.0 Å². The van der Waals surface area contributed by atoms with Crippen LogP contribution in [0.1, 0.15) is 32.9 Å². The summed E-state index contributed by atoms with van der Waals surface area (Å²) >= 11 is 0. The molecule has 16 heavy (non-hydrogen) atoms. The topological polar surface area (TPSA) is 46.9 Å². The molecule has 0 saturated heterocycles. The molecule has 0 spiro atoms. The smallest absolute Gasteiger partial charge is 0.152 e. The van der Waals surface area contributed by atoms with Crippen molar-refractivity contribution in [2.24, 2.45) is 7.05 Å². The van der Waals surface area contributed by atoms with Crippen molar-refractivity contribution in [1.82, 2.24) is 15.1 Å². The summed E-state index contributed by atoms with van der Waals surface area (Å²) in [6.45, 7) is 6.69. The Bertz CT molecular complexity index is 355. The maximum absolute atomic E-state index is 12.0. The summed E-state index contributed by atoms with van der Waals surface area (Å²) in [5, 5.41) is 7.28. The number of carbonyl (C=O) groups is 1. The molecule has 0 aromatic carbocycles. The Morgan fingerprint density at radius 1 is 1.56 bits per heavy atom. The fourth-order valence-corrected chi connectivity index (χ4v) is 1.74. The number of aryl methyl sites for hydroxylation is 2. The van der Waals surface area contributed by atoms with E-state index >= 15 is 0 Å². The summed E-state index contributed by atoms with van der Waals surface area (Å²) in [4.78, 5) is 12.0. The first-order valence-electron chi connectivity index (χ1n) is 5.72. The van der Waals surface area contributed by atoms with Crippen LogP contribution in [-0.4, -0.2) is 27.6 Å². The molecule has 4 nitrogen and oxygen atoms in total. The number of likely N-dealkylation sites (N-methyl/N-ethyl adjacent to an activating group) is 1. The van der Waals surface area contributed by atoms with Crippen LogP contribution in [0.3, 0.4) is 0 Å². The quantitative estimate of drug-likeness (QED) is 0.791. The molecule has 1 aromatic rings. The molecule has 0 unspecified atom stereocenters. The summed E-state index contributed by atoms with van der Waals surface area (Å²) in [6, 6.07) is 1.95. The Morgan fingerprint density at radius 2 is 2.25 bits per heavy atom. The van der Waals surface area contributed by atoms with Crippen LogP contribution in [0, 0.1) is 0 Å². The first-order chi connectivity index (χ1) is 7.47. The Balaban J connectivity index is 2.50. The van der Waals surface area contributed by atoms with Gasteiger partial charge in [0.1, 0.15) is 0 Å². The molecular formula is C12H21N3O. The van der Waals surface area contributed by atoms with E-state index in [-0.39, 0.29) is 5.78 Å². The van der Waals surface area contributed by atoms with E-state index in [1.165, 1.54) is 0 Å². The van der Waals surface area contributed by atoms with Crippen LogP contribution in [0.2, 0.25) is 0 Å². The van der Waals surface area contributed by atoms with Gasteiger partial charge in [-0.3, -0.25) is 9.48 Å². The number of nitrogens with one attached hydrogen (secondary N) is 1. The maximum atomic E-state index is 12.0. The predicted molar refractivity (Wildman–Crippen MR) is 64.3 cm³/mol. The number of rotatable bonds is 6. The van der Waals surface area contributed by atoms with Gasteiger partial charge in [0.05, 0.1) is 5.54 Å². The van der Waals surface area contributed by atoms with Crippen molar-refractivity contribution in [3.63, 3.8) is 0 Å². The molecule has 0 aliphatic heterocycles. The largest absolute Gasteiger partial charge is 0.306 e. The van der Waals surface area contributed by atoms with Gasteiger partial charge < -0.3 is 5.32 Å². The molecule has 4 heteroatoms. The van der Waals surface area contributed by atoms with Crippen LogP contribution in [0.15, 0.2) is 12.3 Å². The Labute approximate surface area is 97.0 Å². The number of Topliss-reactive ketones (excluding diaryl/α,β-unsaturated/α-hetero) is 1. The predicted octanol–water partition coefficient (Wildman–Crippen LogP) is 1.31. The van der Waals surface area contributed by atoms with Gasteiger partial charge in [0.2, 0.25) is 0 Å². The monoisotopic (exact) mass is 223 g/mol. The maximum Gasteiger partial charge on any atom is 0.152 e. The molecule has 90 valence electrons. The van der Waals surface area contributed by atoms with E-state index < -0.39 is 5.54 Å². The minimum absolute atomic E-state index is 0.246. The summed E-state index contributed by atoms with van der Waals surface area (Å²) in [5.74, 6) is 0.246. The third kappa shape index (κ3) is 3.17. The van der Waals surface area contributed by atoms with Gasteiger partial charge in [0, 0.05) is 25.4 Å². The van der Waals surface area contributed by atoms with E-state index in [0.717, 1.165) is 18.7 Å². The molecule has 0 bridgehead atoms. The van der Waals surface area contributed by atoms with Gasteiger partial charge in [0.25, 0.3) is 0 Å². The van der Waals surface area contributed by atoms with Crippen LogP contribution < -0.4 is 5.32 Å². The van der Waals surface area contributed by atoms with Gasteiger partial charge >= 0.3 is 0 Å². The van der Waals surface area contributed by atoms with Crippen LogP contribution in [0.4, 0.5) is 0 Å². The Kier molecular flexibility index (Phi) is 4.24. The number of nitrogens with zero attached hydrogens (tertiary/aromatic N) is 2. The van der Waals surface area contributed by atoms with Gasteiger partial charge in [-0.15, -0.1) is 0 Å². The van der Waals surface area contributed by atoms with Crippen LogP contribution >= 0.6 is 0 Å². The Morgan fingerprint density at radius 3 is 2.75 bits per heavy atom. The van der Waals surface area contributed by atoms with E-state index in [1.807, 2.05) is 38.6 Å². The minimum atomic E-state index is -0.423. The van der Waals surface area contributed by atoms with Crippen LogP contribution in [0.25, 0.3) is 0 Å². The molecule has 1 heterocycles. The van der Waals surface area contributed by atoms with E-state index in [2.05, 4.69) is 10.4 Å². The average molecular weight is 223 g/mol. The zero-order valence-electron chi connectivity index (χ0n) is 10.6. The summed E-state index contributed by atoms with van der Waals surface area (Å²) in [5.41, 5.74) is 0.675. The van der Waals surface area contributed by atoms with Crippen molar-refractivity contribution in [2.45, 2.75) is 39.2 Å². The molecule has 0 saturated carbocycles. The van der Waals surface area contributed by atoms with E-state index in [1.54, 1.807) is 6.20 Å². The molecule has 0 amide bonds. The van der Waals surface area contributed by atoms with Crippen molar-refractivity contribution < 1.29 is 4.79 Å². The first kappa shape index (κ1) is 12.9. The SMILES string of the molecule is CCNC(C)(C)C(=O)CCc1ccnn1C. The van der Waals surface area contributed by atoms with Gasteiger partial charge in [-0.1, -0.05) is 6.92 Å².